The second-order valence-corrected chi connectivity index (χ2v) is 7.40. The second kappa shape index (κ2) is 11.5. The third kappa shape index (κ3) is 5.85. The number of carbonyl (C=O) groups is 1. The normalized spacial score (nSPS) is 10.8. The minimum absolute atomic E-state index is 0.0478. The van der Waals surface area contributed by atoms with Crippen molar-refractivity contribution in [1.82, 2.24) is 0 Å². The SMILES string of the molecule is CCCCc1ccc(OC(=O)c2ccccc2O)c(CCCC)c1CCCC. The molecule has 2 aromatic carbocycles. The van der Waals surface area contributed by atoms with Crippen LogP contribution in [0.3, 0.4) is 0 Å². The van der Waals surface area contributed by atoms with Gasteiger partial charge in [0.2, 0.25) is 0 Å². The van der Waals surface area contributed by atoms with Crippen molar-refractivity contribution in [2.75, 3.05) is 0 Å². The Morgan fingerprint density at radius 1 is 0.821 bits per heavy atom. The molecule has 0 aliphatic carbocycles. The molecule has 0 spiro atoms. The highest BCUT2D eigenvalue weighted by Gasteiger charge is 2.18. The van der Waals surface area contributed by atoms with Crippen LogP contribution in [0.4, 0.5) is 0 Å². The van der Waals surface area contributed by atoms with E-state index in [1.165, 1.54) is 35.6 Å². The van der Waals surface area contributed by atoms with E-state index in [1.807, 2.05) is 6.07 Å². The summed E-state index contributed by atoms with van der Waals surface area (Å²) in [5, 5.41) is 9.98. The van der Waals surface area contributed by atoms with Gasteiger partial charge in [-0.1, -0.05) is 58.2 Å². The fourth-order valence-corrected chi connectivity index (χ4v) is 3.51. The maximum Gasteiger partial charge on any atom is 0.347 e. The fourth-order valence-electron chi connectivity index (χ4n) is 3.51. The summed E-state index contributed by atoms with van der Waals surface area (Å²) < 4.78 is 5.79. The molecule has 3 heteroatoms. The van der Waals surface area contributed by atoms with Crippen molar-refractivity contribution in [1.29, 1.82) is 0 Å². The zero-order valence-corrected chi connectivity index (χ0v) is 17.6. The Morgan fingerprint density at radius 2 is 1.43 bits per heavy atom. The van der Waals surface area contributed by atoms with Crippen molar-refractivity contribution in [2.45, 2.75) is 78.6 Å². The lowest BCUT2D eigenvalue weighted by Gasteiger charge is -2.19. The minimum atomic E-state index is -0.501. The van der Waals surface area contributed by atoms with Crippen molar-refractivity contribution in [3.05, 3.63) is 58.7 Å². The Hall–Kier alpha value is -2.29. The third-order valence-electron chi connectivity index (χ3n) is 5.17. The van der Waals surface area contributed by atoms with Gasteiger partial charge in [0, 0.05) is 0 Å². The molecule has 2 rings (SSSR count). The summed E-state index contributed by atoms with van der Waals surface area (Å²) in [4.78, 5) is 12.7. The lowest BCUT2D eigenvalue weighted by atomic mass is 9.90. The van der Waals surface area contributed by atoms with Crippen LogP contribution in [0.2, 0.25) is 0 Å². The van der Waals surface area contributed by atoms with E-state index in [1.54, 1.807) is 18.2 Å². The summed E-state index contributed by atoms with van der Waals surface area (Å²) in [5.41, 5.74) is 4.14. The van der Waals surface area contributed by atoms with Crippen molar-refractivity contribution in [3.63, 3.8) is 0 Å². The Bertz CT molecular complexity index is 764. The van der Waals surface area contributed by atoms with E-state index >= 15 is 0 Å². The van der Waals surface area contributed by atoms with Crippen LogP contribution in [0, 0.1) is 0 Å². The molecule has 0 aliphatic heterocycles. The van der Waals surface area contributed by atoms with Gasteiger partial charge in [-0.25, -0.2) is 4.79 Å². The van der Waals surface area contributed by atoms with Crippen LogP contribution in [0.25, 0.3) is 0 Å². The molecule has 0 fully saturated rings. The molecule has 0 aliphatic rings. The Balaban J connectivity index is 2.40. The lowest BCUT2D eigenvalue weighted by molar-refractivity contribution is 0.0730. The first kappa shape index (κ1) is 22.0. The molecule has 0 aromatic heterocycles. The molecule has 1 N–H and O–H groups in total. The molecule has 0 amide bonds. The van der Waals surface area contributed by atoms with E-state index in [-0.39, 0.29) is 11.3 Å². The first-order valence-electron chi connectivity index (χ1n) is 10.8. The summed E-state index contributed by atoms with van der Waals surface area (Å²) in [6.45, 7) is 6.60. The number of hydrogen-bond acceptors (Lipinski definition) is 3. The third-order valence-corrected chi connectivity index (χ3v) is 5.17. The van der Waals surface area contributed by atoms with Gasteiger partial charge in [0.1, 0.15) is 17.1 Å². The molecule has 28 heavy (non-hydrogen) atoms. The summed E-state index contributed by atoms with van der Waals surface area (Å²) in [6, 6.07) is 10.6. The number of phenols is 1. The molecular formula is C25H34O3. The van der Waals surface area contributed by atoms with Crippen LogP contribution in [0.15, 0.2) is 36.4 Å². The molecule has 0 atom stereocenters. The molecule has 0 saturated heterocycles. The van der Waals surface area contributed by atoms with Crippen molar-refractivity contribution >= 4 is 5.97 Å². The molecule has 2 aromatic rings. The monoisotopic (exact) mass is 382 g/mol. The van der Waals surface area contributed by atoms with Crippen LogP contribution >= 0.6 is 0 Å². The molecule has 0 unspecified atom stereocenters. The maximum absolute atomic E-state index is 12.7. The average molecular weight is 383 g/mol. The highest BCUT2D eigenvalue weighted by Crippen LogP contribution is 2.31. The van der Waals surface area contributed by atoms with E-state index in [9.17, 15) is 9.90 Å². The fraction of sp³-hybridized carbons (Fsp3) is 0.480. The van der Waals surface area contributed by atoms with Gasteiger partial charge < -0.3 is 9.84 Å². The van der Waals surface area contributed by atoms with E-state index in [2.05, 4.69) is 26.8 Å². The molecule has 0 heterocycles. The predicted octanol–water partition coefficient (Wildman–Crippen LogP) is 6.64. The summed E-state index contributed by atoms with van der Waals surface area (Å²) >= 11 is 0. The summed E-state index contributed by atoms with van der Waals surface area (Å²) in [6.07, 6.45) is 9.79. The zero-order chi connectivity index (χ0) is 20.4. The molecule has 152 valence electrons. The number of para-hydroxylation sites is 1. The van der Waals surface area contributed by atoms with Gasteiger partial charge in [0.25, 0.3) is 0 Å². The molecule has 3 nitrogen and oxygen atoms in total. The highest BCUT2D eigenvalue weighted by atomic mass is 16.5. The van der Waals surface area contributed by atoms with Gasteiger partial charge in [0.15, 0.2) is 0 Å². The van der Waals surface area contributed by atoms with Gasteiger partial charge in [-0.3, -0.25) is 0 Å². The first-order chi connectivity index (χ1) is 13.6. The van der Waals surface area contributed by atoms with E-state index in [0.717, 1.165) is 44.9 Å². The zero-order valence-electron chi connectivity index (χ0n) is 17.6. The maximum atomic E-state index is 12.7. The molecule has 0 bridgehead atoms. The topological polar surface area (TPSA) is 46.5 Å². The number of unbranched alkanes of at least 4 members (excludes halogenated alkanes) is 3. The average Bonchev–Trinajstić information content (AvgIpc) is 2.70. The Kier molecular flexibility index (Phi) is 9.06. The van der Waals surface area contributed by atoms with Gasteiger partial charge in [-0.15, -0.1) is 0 Å². The molecule has 0 saturated carbocycles. The largest absolute Gasteiger partial charge is 0.507 e. The van der Waals surface area contributed by atoms with E-state index < -0.39 is 5.97 Å². The Labute approximate surface area is 169 Å². The van der Waals surface area contributed by atoms with Crippen molar-refractivity contribution < 1.29 is 14.6 Å². The lowest BCUT2D eigenvalue weighted by Crippen LogP contribution is -2.12. The summed E-state index contributed by atoms with van der Waals surface area (Å²) in [7, 11) is 0. The summed E-state index contributed by atoms with van der Waals surface area (Å²) in [5.74, 6) is 0.0973. The van der Waals surface area contributed by atoms with E-state index in [4.69, 9.17) is 4.74 Å². The number of rotatable bonds is 11. The minimum Gasteiger partial charge on any atom is -0.507 e. The first-order valence-corrected chi connectivity index (χ1v) is 10.8. The van der Waals surface area contributed by atoms with Gasteiger partial charge in [-0.05, 0) is 73.4 Å². The number of benzene rings is 2. The number of esters is 1. The van der Waals surface area contributed by atoms with Crippen LogP contribution < -0.4 is 4.74 Å². The van der Waals surface area contributed by atoms with E-state index in [0.29, 0.717) is 5.75 Å². The smallest absolute Gasteiger partial charge is 0.347 e. The van der Waals surface area contributed by atoms with Crippen molar-refractivity contribution in [2.24, 2.45) is 0 Å². The quantitative estimate of drug-likeness (QED) is 0.350. The Morgan fingerprint density at radius 3 is 2.07 bits per heavy atom. The number of aryl methyl sites for hydroxylation is 1. The number of carbonyl (C=O) groups excluding carboxylic acids is 1. The van der Waals surface area contributed by atoms with Gasteiger partial charge in [0.05, 0.1) is 0 Å². The number of phenolic OH excluding ortho intramolecular Hbond substituents is 1. The van der Waals surface area contributed by atoms with Gasteiger partial charge in [-0.2, -0.15) is 0 Å². The van der Waals surface area contributed by atoms with Crippen LogP contribution in [0.5, 0.6) is 11.5 Å². The van der Waals surface area contributed by atoms with Crippen LogP contribution in [-0.2, 0) is 19.3 Å². The number of hydrogen-bond donors (Lipinski definition) is 1. The van der Waals surface area contributed by atoms with Crippen LogP contribution in [0.1, 0.15) is 86.3 Å². The standard InChI is InChI=1S/C25H34O3/c1-4-7-12-19-17-18-24(21(14-9-6-3)20(19)13-8-5-2)28-25(27)22-15-10-11-16-23(22)26/h10-11,15-18,26H,4-9,12-14H2,1-3H3. The number of aromatic hydroxyl groups is 1. The number of ether oxygens (including phenoxy) is 1. The van der Waals surface area contributed by atoms with Crippen molar-refractivity contribution in [3.8, 4) is 11.5 Å². The highest BCUT2D eigenvalue weighted by molar-refractivity contribution is 5.94. The molecule has 0 radical (unpaired) electrons. The van der Waals surface area contributed by atoms with Crippen LogP contribution in [-0.4, -0.2) is 11.1 Å². The van der Waals surface area contributed by atoms with Gasteiger partial charge >= 0.3 is 5.97 Å². The molecular weight excluding hydrogens is 348 g/mol. The second-order valence-electron chi connectivity index (χ2n) is 7.40. The predicted molar refractivity (Wildman–Crippen MR) is 115 cm³/mol.